The Morgan fingerprint density at radius 3 is 2.42 bits per heavy atom. The molecular weight excluding hydrogens is 248 g/mol. The van der Waals surface area contributed by atoms with Crippen molar-refractivity contribution in [1.82, 2.24) is 5.32 Å². The van der Waals surface area contributed by atoms with Crippen molar-refractivity contribution in [1.29, 1.82) is 0 Å². The summed E-state index contributed by atoms with van der Waals surface area (Å²) in [4.78, 5) is 23.1. The predicted octanol–water partition coefficient (Wildman–Crippen LogP) is -0.0603. The molecule has 1 aromatic rings. The van der Waals surface area contributed by atoms with Crippen LogP contribution in [-0.2, 0) is 20.7 Å². The highest BCUT2D eigenvalue weighted by Crippen LogP contribution is 2.11. The molecule has 4 N–H and O–H groups in total. The van der Waals surface area contributed by atoms with Gasteiger partial charge in [0.1, 0.15) is 11.8 Å². The molecule has 0 bridgehead atoms. The van der Waals surface area contributed by atoms with Crippen molar-refractivity contribution in [2.24, 2.45) is 5.73 Å². The Labute approximate surface area is 111 Å². The number of rotatable bonds is 5. The maximum absolute atomic E-state index is 11.6. The smallest absolute Gasteiger partial charge is 0.328 e. The molecule has 0 radical (unpaired) electrons. The van der Waals surface area contributed by atoms with Gasteiger partial charge in [0.25, 0.3) is 0 Å². The molecule has 0 saturated carbocycles. The van der Waals surface area contributed by atoms with Gasteiger partial charge in [-0.05, 0) is 24.6 Å². The second kappa shape index (κ2) is 6.75. The van der Waals surface area contributed by atoms with E-state index in [1.807, 2.05) is 0 Å². The summed E-state index contributed by atoms with van der Waals surface area (Å²) in [5, 5.41) is 11.7. The van der Waals surface area contributed by atoms with Crippen LogP contribution in [0.25, 0.3) is 0 Å². The molecule has 0 aliphatic carbocycles. The molecule has 1 rings (SSSR count). The lowest BCUT2D eigenvalue weighted by Crippen LogP contribution is -2.48. The summed E-state index contributed by atoms with van der Waals surface area (Å²) in [6.07, 6.45) is 0.269. The summed E-state index contributed by atoms with van der Waals surface area (Å²) < 4.78 is 4.65. The number of phenolic OH excluding ortho intramolecular Hbond substituents is 1. The number of nitrogens with two attached hydrogens (primary N) is 1. The lowest BCUT2D eigenvalue weighted by atomic mass is 10.1. The van der Waals surface area contributed by atoms with Crippen molar-refractivity contribution < 1.29 is 19.4 Å². The van der Waals surface area contributed by atoms with Crippen LogP contribution in [0.5, 0.6) is 5.75 Å². The highest BCUT2D eigenvalue weighted by atomic mass is 16.5. The lowest BCUT2D eigenvalue weighted by molar-refractivity contribution is -0.145. The Kier molecular flexibility index (Phi) is 5.32. The van der Waals surface area contributed by atoms with Gasteiger partial charge >= 0.3 is 5.97 Å². The quantitative estimate of drug-likeness (QED) is 0.648. The van der Waals surface area contributed by atoms with E-state index in [0.29, 0.717) is 0 Å². The van der Waals surface area contributed by atoms with Crippen molar-refractivity contribution >= 4 is 11.9 Å². The minimum absolute atomic E-state index is 0.137. The molecule has 6 heteroatoms. The Morgan fingerprint density at radius 2 is 1.95 bits per heavy atom. The third-order valence-electron chi connectivity index (χ3n) is 2.59. The van der Waals surface area contributed by atoms with Crippen LogP contribution in [0.4, 0.5) is 0 Å². The Hall–Kier alpha value is -2.08. The van der Waals surface area contributed by atoms with E-state index in [1.165, 1.54) is 26.2 Å². The number of amides is 1. The van der Waals surface area contributed by atoms with E-state index in [9.17, 15) is 14.7 Å². The number of benzene rings is 1. The monoisotopic (exact) mass is 266 g/mol. The summed E-state index contributed by atoms with van der Waals surface area (Å²) in [6, 6.07) is 4.86. The fourth-order valence-electron chi connectivity index (χ4n) is 1.51. The van der Waals surface area contributed by atoms with E-state index >= 15 is 0 Å². The van der Waals surface area contributed by atoms with Crippen molar-refractivity contribution in [3.63, 3.8) is 0 Å². The van der Waals surface area contributed by atoms with E-state index in [4.69, 9.17) is 5.73 Å². The van der Waals surface area contributed by atoms with Gasteiger partial charge in [0, 0.05) is 6.42 Å². The van der Waals surface area contributed by atoms with Crippen LogP contribution in [0.3, 0.4) is 0 Å². The van der Waals surface area contributed by atoms with E-state index in [-0.39, 0.29) is 12.2 Å². The van der Waals surface area contributed by atoms with Gasteiger partial charge in [0.2, 0.25) is 5.91 Å². The van der Waals surface area contributed by atoms with Crippen LogP contribution in [0, 0.1) is 0 Å². The largest absolute Gasteiger partial charge is 0.508 e. The van der Waals surface area contributed by atoms with E-state index in [0.717, 1.165) is 5.56 Å². The van der Waals surface area contributed by atoms with Crippen LogP contribution < -0.4 is 11.1 Å². The molecule has 2 unspecified atom stereocenters. The fourth-order valence-corrected chi connectivity index (χ4v) is 1.51. The van der Waals surface area contributed by atoms with Crippen molar-refractivity contribution in [3.05, 3.63) is 29.8 Å². The zero-order valence-corrected chi connectivity index (χ0v) is 10.9. The normalized spacial score (nSPS) is 13.4. The molecule has 0 heterocycles. The van der Waals surface area contributed by atoms with Crippen molar-refractivity contribution in [2.75, 3.05) is 7.11 Å². The SMILES string of the molecule is COC(=O)C(Cc1ccc(O)cc1)NC(=O)C(C)N. The number of esters is 1. The molecule has 0 aromatic heterocycles. The summed E-state index contributed by atoms with van der Waals surface area (Å²) in [5.41, 5.74) is 6.23. The number of hydrogen-bond donors (Lipinski definition) is 3. The highest BCUT2D eigenvalue weighted by Gasteiger charge is 2.23. The summed E-state index contributed by atoms with van der Waals surface area (Å²) >= 11 is 0. The number of carbonyl (C=O) groups excluding carboxylic acids is 2. The van der Waals surface area contributed by atoms with Crippen molar-refractivity contribution in [3.8, 4) is 5.75 Å². The first-order valence-corrected chi connectivity index (χ1v) is 5.85. The van der Waals surface area contributed by atoms with Gasteiger partial charge in [0.05, 0.1) is 13.2 Å². The number of phenols is 1. The van der Waals surface area contributed by atoms with Crippen LogP contribution in [0.1, 0.15) is 12.5 Å². The van der Waals surface area contributed by atoms with Gasteiger partial charge in [0.15, 0.2) is 0 Å². The molecule has 0 aliphatic rings. The average molecular weight is 266 g/mol. The number of nitrogens with one attached hydrogen (secondary N) is 1. The van der Waals surface area contributed by atoms with Gasteiger partial charge in [-0.1, -0.05) is 12.1 Å². The summed E-state index contributed by atoms with van der Waals surface area (Å²) in [5.74, 6) is -0.825. The predicted molar refractivity (Wildman–Crippen MR) is 69.4 cm³/mol. The van der Waals surface area contributed by atoms with Gasteiger partial charge < -0.3 is 20.9 Å². The maximum Gasteiger partial charge on any atom is 0.328 e. The van der Waals surface area contributed by atoms with Crippen LogP contribution in [-0.4, -0.2) is 36.2 Å². The fraction of sp³-hybridized carbons (Fsp3) is 0.385. The molecule has 1 aromatic carbocycles. The number of carbonyl (C=O) groups is 2. The van der Waals surface area contributed by atoms with Gasteiger partial charge in [-0.2, -0.15) is 0 Å². The number of ether oxygens (including phenoxy) is 1. The van der Waals surface area contributed by atoms with Crippen LogP contribution in [0.15, 0.2) is 24.3 Å². The van der Waals surface area contributed by atoms with E-state index in [1.54, 1.807) is 12.1 Å². The standard InChI is InChI=1S/C13H18N2O4/c1-8(14)12(17)15-11(13(18)19-2)7-9-3-5-10(16)6-4-9/h3-6,8,11,16H,7,14H2,1-2H3,(H,15,17). The molecule has 0 saturated heterocycles. The molecule has 19 heavy (non-hydrogen) atoms. The minimum Gasteiger partial charge on any atom is -0.508 e. The highest BCUT2D eigenvalue weighted by molar-refractivity contribution is 5.87. The number of aromatic hydroxyl groups is 1. The number of methoxy groups -OCH3 is 1. The molecule has 2 atom stereocenters. The third-order valence-corrected chi connectivity index (χ3v) is 2.59. The van der Waals surface area contributed by atoms with Gasteiger partial charge in [-0.25, -0.2) is 4.79 Å². The molecule has 0 fully saturated rings. The molecular formula is C13H18N2O4. The third kappa shape index (κ3) is 4.59. The second-order valence-electron chi connectivity index (χ2n) is 4.24. The topological polar surface area (TPSA) is 102 Å². The Morgan fingerprint density at radius 1 is 1.37 bits per heavy atom. The molecule has 104 valence electrons. The maximum atomic E-state index is 11.6. The second-order valence-corrected chi connectivity index (χ2v) is 4.24. The molecule has 1 amide bonds. The molecule has 0 spiro atoms. The van der Waals surface area contributed by atoms with E-state index < -0.39 is 24.0 Å². The summed E-state index contributed by atoms with van der Waals surface area (Å²) in [7, 11) is 1.25. The summed E-state index contributed by atoms with van der Waals surface area (Å²) in [6.45, 7) is 1.53. The van der Waals surface area contributed by atoms with Crippen LogP contribution in [0.2, 0.25) is 0 Å². The Balaban J connectivity index is 2.77. The minimum atomic E-state index is -0.798. The zero-order valence-electron chi connectivity index (χ0n) is 10.9. The van der Waals surface area contributed by atoms with E-state index in [2.05, 4.69) is 10.1 Å². The zero-order chi connectivity index (χ0) is 14.4. The molecule has 6 nitrogen and oxygen atoms in total. The lowest BCUT2D eigenvalue weighted by Gasteiger charge is -2.17. The Bertz CT molecular complexity index is 442. The first-order valence-electron chi connectivity index (χ1n) is 5.85. The first-order chi connectivity index (χ1) is 8.93. The average Bonchev–Trinajstić information content (AvgIpc) is 2.39. The van der Waals surface area contributed by atoms with Crippen molar-refractivity contribution in [2.45, 2.75) is 25.4 Å². The van der Waals surface area contributed by atoms with Gasteiger partial charge in [-0.3, -0.25) is 4.79 Å². The number of hydrogen-bond acceptors (Lipinski definition) is 5. The van der Waals surface area contributed by atoms with Crippen LogP contribution >= 0.6 is 0 Å². The first kappa shape index (κ1) is 15.0. The van der Waals surface area contributed by atoms with Gasteiger partial charge in [-0.15, -0.1) is 0 Å². The molecule has 0 aliphatic heterocycles.